The summed E-state index contributed by atoms with van der Waals surface area (Å²) in [5.74, 6) is 1.000. The van der Waals surface area contributed by atoms with Crippen molar-refractivity contribution in [1.29, 1.82) is 0 Å². The van der Waals surface area contributed by atoms with Crippen LogP contribution in [0.3, 0.4) is 0 Å². The van der Waals surface area contributed by atoms with Crippen LogP contribution in [0.2, 0.25) is 0 Å². The normalized spacial score (nSPS) is 19.2. The molecule has 1 aliphatic heterocycles. The Kier molecular flexibility index (Phi) is 4.57. The first-order valence-corrected chi connectivity index (χ1v) is 6.55. The number of aliphatic hydroxyl groups is 1. The van der Waals surface area contributed by atoms with Crippen LogP contribution in [-0.4, -0.2) is 24.9 Å². The van der Waals surface area contributed by atoms with Crippen molar-refractivity contribution in [2.24, 2.45) is 5.92 Å². The van der Waals surface area contributed by atoms with Gasteiger partial charge in [-0.05, 0) is 43.2 Å². The van der Waals surface area contributed by atoms with Crippen LogP contribution in [0.5, 0.6) is 0 Å². The summed E-state index contributed by atoms with van der Waals surface area (Å²) in [5, 5.41) is 9.60. The summed E-state index contributed by atoms with van der Waals surface area (Å²) in [5.41, 5.74) is 2.60. The van der Waals surface area contributed by atoms with Gasteiger partial charge in [0.2, 0.25) is 0 Å². The summed E-state index contributed by atoms with van der Waals surface area (Å²) < 4.78 is 5.38. The van der Waals surface area contributed by atoms with Crippen molar-refractivity contribution < 1.29 is 9.84 Å². The molecule has 1 aromatic carbocycles. The maximum Gasteiger partial charge on any atom is 0.0499 e. The number of aliphatic hydroxyl groups excluding tert-OH is 1. The molecule has 1 heterocycles. The Morgan fingerprint density at radius 3 is 2.65 bits per heavy atom. The largest absolute Gasteiger partial charge is 0.396 e. The zero-order chi connectivity index (χ0) is 12.1. The van der Waals surface area contributed by atoms with Crippen molar-refractivity contribution in [1.82, 2.24) is 0 Å². The summed E-state index contributed by atoms with van der Waals surface area (Å²) in [7, 11) is 0. The zero-order valence-corrected chi connectivity index (χ0v) is 10.6. The lowest BCUT2D eigenvalue weighted by Crippen LogP contribution is -2.19. The minimum Gasteiger partial charge on any atom is -0.396 e. The molecule has 2 rings (SSSR count). The molecular formula is C15H22O2. The van der Waals surface area contributed by atoms with Crippen LogP contribution < -0.4 is 0 Å². The van der Waals surface area contributed by atoms with Crippen molar-refractivity contribution in [3.8, 4) is 0 Å². The van der Waals surface area contributed by atoms with Crippen LogP contribution in [-0.2, 0) is 4.74 Å². The summed E-state index contributed by atoms with van der Waals surface area (Å²) in [6.07, 6.45) is 3.37. The molecule has 1 aliphatic rings. The third-order valence-electron chi connectivity index (χ3n) is 3.81. The molecule has 1 fully saturated rings. The van der Waals surface area contributed by atoms with E-state index in [-0.39, 0.29) is 6.61 Å². The molecule has 1 saturated heterocycles. The van der Waals surface area contributed by atoms with Crippen molar-refractivity contribution in [3.05, 3.63) is 35.4 Å². The van der Waals surface area contributed by atoms with Gasteiger partial charge in [-0.25, -0.2) is 0 Å². The van der Waals surface area contributed by atoms with E-state index in [1.54, 1.807) is 0 Å². The number of ether oxygens (including phenoxy) is 1. The molecule has 0 radical (unpaired) electrons. The van der Waals surface area contributed by atoms with Crippen molar-refractivity contribution in [2.75, 3.05) is 19.8 Å². The Labute approximate surface area is 104 Å². The second kappa shape index (κ2) is 6.18. The van der Waals surface area contributed by atoms with Crippen LogP contribution in [0.1, 0.15) is 36.3 Å². The highest BCUT2D eigenvalue weighted by atomic mass is 16.5. The predicted molar refractivity (Wildman–Crippen MR) is 69.2 cm³/mol. The number of aryl methyl sites for hydroxylation is 1. The third kappa shape index (κ3) is 3.30. The van der Waals surface area contributed by atoms with Gasteiger partial charge < -0.3 is 9.84 Å². The molecular weight excluding hydrogens is 212 g/mol. The van der Waals surface area contributed by atoms with Crippen LogP contribution in [0, 0.1) is 12.8 Å². The molecule has 0 aliphatic carbocycles. The van der Waals surface area contributed by atoms with Gasteiger partial charge in [-0.3, -0.25) is 0 Å². The lowest BCUT2D eigenvalue weighted by Gasteiger charge is -2.26. The van der Waals surface area contributed by atoms with E-state index in [0.29, 0.717) is 11.8 Å². The predicted octanol–water partition coefficient (Wildman–Crippen LogP) is 2.89. The van der Waals surface area contributed by atoms with E-state index in [1.165, 1.54) is 11.1 Å². The van der Waals surface area contributed by atoms with Crippen molar-refractivity contribution >= 4 is 0 Å². The molecule has 2 heteroatoms. The highest BCUT2D eigenvalue weighted by Gasteiger charge is 2.20. The Morgan fingerprint density at radius 2 is 2.00 bits per heavy atom. The highest BCUT2D eigenvalue weighted by Crippen LogP contribution is 2.30. The van der Waals surface area contributed by atoms with E-state index in [0.717, 1.165) is 32.5 Å². The molecule has 1 aromatic rings. The molecule has 0 amide bonds. The highest BCUT2D eigenvalue weighted by molar-refractivity contribution is 5.29. The average molecular weight is 234 g/mol. The minimum atomic E-state index is 0.252. The van der Waals surface area contributed by atoms with Gasteiger partial charge in [-0.1, -0.05) is 24.3 Å². The lowest BCUT2D eigenvalue weighted by atomic mass is 9.84. The SMILES string of the molecule is Cc1ccccc1C(CO)CC1CCOCC1. The Hall–Kier alpha value is -0.860. The quantitative estimate of drug-likeness (QED) is 0.868. The molecule has 1 unspecified atom stereocenters. The first kappa shape index (κ1) is 12.6. The fraction of sp³-hybridized carbons (Fsp3) is 0.600. The number of rotatable bonds is 4. The van der Waals surface area contributed by atoms with Gasteiger partial charge >= 0.3 is 0 Å². The maximum atomic E-state index is 9.60. The van der Waals surface area contributed by atoms with Gasteiger partial charge in [0.05, 0.1) is 0 Å². The smallest absolute Gasteiger partial charge is 0.0499 e. The van der Waals surface area contributed by atoms with Gasteiger partial charge in [0.15, 0.2) is 0 Å². The first-order valence-electron chi connectivity index (χ1n) is 6.55. The molecule has 2 nitrogen and oxygen atoms in total. The van der Waals surface area contributed by atoms with E-state index in [2.05, 4.69) is 31.2 Å². The Morgan fingerprint density at radius 1 is 1.29 bits per heavy atom. The van der Waals surface area contributed by atoms with Gasteiger partial charge in [-0.15, -0.1) is 0 Å². The van der Waals surface area contributed by atoms with E-state index >= 15 is 0 Å². The Balaban J connectivity index is 2.03. The van der Waals surface area contributed by atoms with Crippen LogP contribution in [0.25, 0.3) is 0 Å². The van der Waals surface area contributed by atoms with Gasteiger partial charge in [0.1, 0.15) is 0 Å². The van der Waals surface area contributed by atoms with E-state index in [1.807, 2.05) is 0 Å². The summed E-state index contributed by atoms with van der Waals surface area (Å²) in [6.45, 7) is 4.15. The summed E-state index contributed by atoms with van der Waals surface area (Å²) >= 11 is 0. The monoisotopic (exact) mass is 234 g/mol. The molecule has 17 heavy (non-hydrogen) atoms. The lowest BCUT2D eigenvalue weighted by molar-refractivity contribution is 0.0591. The maximum absolute atomic E-state index is 9.60. The Bertz CT molecular complexity index is 343. The second-order valence-electron chi connectivity index (χ2n) is 5.03. The zero-order valence-electron chi connectivity index (χ0n) is 10.6. The van der Waals surface area contributed by atoms with E-state index in [9.17, 15) is 5.11 Å². The molecule has 0 saturated carbocycles. The number of benzene rings is 1. The first-order chi connectivity index (χ1) is 8.31. The van der Waals surface area contributed by atoms with E-state index < -0.39 is 0 Å². The van der Waals surface area contributed by atoms with Crippen LogP contribution in [0.4, 0.5) is 0 Å². The second-order valence-corrected chi connectivity index (χ2v) is 5.03. The van der Waals surface area contributed by atoms with Crippen LogP contribution >= 0.6 is 0 Å². The van der Waals surface area contributed by atoms with Crippen LogP contribution in [0.15, 0.2) is 24.3 Å². The standard InChI is InChI=1S/C15H22O2/c1-12-4-2-3-5-15(12)14(11-16)10-13-6-8-17-9-7-13/h2-5,13-14,16H,6-11H2,1H3. The fourth-order valence-electron chi connectivity index (χ4n) is 2.73. The van der Waals surface area contributed by atoms with Crippen molar-refractivity contribution in [2.45, 2.75) is 32.1 Å². The fourth-order valence-corrected chi connectivity index (χ4v) is 2.73. The third-order valence-corrected chi connectivity index (χ3v) is 3.81. The minimum absolute atomic E-state index is 0.252. The molecule has 0 aromatic heterocycles. The van der Waals surface area contributed by atoms with Gasteiger partial charge in [0, 0.05) is 25.7 Å². The van der Waals surface area contributed by atoms with Gasteiger partial charge in [0.25, 0.3) is 0 Å². The number of hydrogen-bond donors (Lipinski definition) is 1. The van der Waals surface area contributed by atoms with Crippen molar-refractivity contribution in [3.63, 3.8) is 0 Å². The topological polar surface area (TPSA) is 29.5 Å². The molecule has 1 atom stereocenters. The molecule has 94 valence electrons. The summed E-state index contributed by atoms with van der Waals surface area (Å²) in [4.78, 5) is 0. The average Bonchev–Trinajstić information content (AvgIpc) is 2.38. The summed E-state index contributed by atoms with van der Waals surface area (Å²) in [6, 6.07) is 8.40. The molecule has 0 spiro atoms. The molecule has 0 bridgehead atoms. The number of hydrogen-bond acceptors (Lipinski definition) is 2. The van der Waals surface area contributed by atoms with Gasteiger partial charge in [-0.2, -0.15) is 0 Å². The molecule has 1 N–H and O–H groups in total. The van der Waals surface area contributed by atoms with E-state index in [4.69, 9.17) is 4.74 Å².